The van der Waals surface area contributed by atoms with Crippen LogP contribution in [0.15, 0.2) is 71.8 Å². The molecule has 2 aromatic carbocycles. The molecule has 0 saturated carbocycles. The molecule has 0 bridgehead atoms. The lowest BCUT2D eigenvalue weighted by Gasteiger charge is -2.07. The number of nitrogens with zero attached hydrogens (tertiary/aromatic N) is 2. The van der Waals surface area contributed by atoms with Crippen molar-refractivity contribution in [2.75, 3.05) is 7.05 Å². The maximum Gasteiger partial charge on any atom is 0.0946 e. The molecule has 0 fully saturated rings. The van der Waals surface area contributed by atoms with Gasteiger partial charge in [0.15, 0.2) is 0 Å². The van der Waals surface area contributed by atoms with E-state index in [1.54, 1.807) is 0 Å². The Morgan fingerprint density at radius 3 is 2.32 bits per heavy atom. The van der Waals surface area contributed by atoms with E-state index in [1.807, 2.05) is 18.8 Å². The zero-order valence-corrected chi connectivity index (χ0v) is 15.5. The molecule has 0 saturated heterocycles. The molecule has 3 rings (SSSR count). The fourth-order valence-electron chi connectivity index (χ4n) is 2.80. The number of aromatic nitrogens is 2. The molecule has 0 radical (unpaired) electrons. The van der Waals surface area contributed by atoms with E-state index in [0.717, 1.165) is 37.4 Å². The molecule has 25 heavy (non-hydrogen) atoms. The SMILES string of the molecule is CNCc1cc(SCc2ccccc2)n(CCCc2ccccc2)n1. The average Bonchev–Trinajstić information content (AvgIpc) is 3.04. The van der Waals surface area contributed by atoms with Crippen LogP contribution < -0.4 is 5.32 Å². The molecule has 0 amide bonds. The number of rotatable bonds is 9. The van der Waals surface area contributed by atoms with Crippen molar-refractivity contribution in [3.8, 4) is 0 Å². The van der Waals surface area contributed by atoms with E-state index in [2.05, 4.69) is 76.7 Å². The van der Waals surface area contributed by atoms with Crippen LogP contribution in [-0.2, 0) is 25.3 Å². The van der Waals surface area contributed by atoms with Crippen molar-refractivity contribution in [2.45, 2.75) is 36.7 Å². The van der Waals surface area contributed by atoms with Gasteiger partial charge in [-0.15, -0.1) is 11.8 Å². The number of hydrogen-bond acceptors (Lipinski definition) is 3. The molecule has 0 spiro atoms. The van der Waals surface area contributed by atoms with Crippen molar-refractivity contribution in [3.63, 3.8) is 0 Å². The molecule has 0 unspecified atom stereocenters. The lowest BCUT2D eigenvalue weighted by atomic mass is 10.1. The number of benzene rings is 2. The first-order valence-corrected chi connectivity index (χ1v) is 9.75. The van der Waals surface area contributed by atoms with E-state index in [9.17, 15) is 0 Å². The summed E-state index contributed by atoms with van der Waals surface area (Å²) in [6.45, 7) is 1.76. The van der Waals surface area contributed by atoms with Gasteiger partial charge >= 0.3 is 0 Å². The molecule has 0 atom stereocenters. The van der Waals surface area contributed by atoms with Gasteiger partial charge in [0.25, 0.3) is 0 Å². The summed E-state index contributed by atoms with van der Waals surface area (Å²) in [5.74, 6) is 0.976. The molecule has 3 nitrogen and oxygen atoms in total. The van der Waals surface area contributed by atoms with Gasteiger partial charge in [0.1, 0.15) is 0 Å². The van der Waals surface area contributed by atoms with Crippen LogP contribution in [0.25, 0.3) is 0 Å². The van der Waals surface area contributed by atoms with Crippen LogP contribution in [0.4, 0.5) is 0 Å². The average molecular weight is 352 g/mol. The number of hydrogen-bond donors (Lipinski definition) is 1. The molecule has 0 aliphatic heterocycles. The minimum atomic E-state index is 0.810. The molecule has 1 heterocycles. The van der Waals surface area contributed by atoms with Crippen LogP contribution in [0.1, 0.15) is 23.2 Å². The second-order valence-electron chi connectivity index (χ2n) is 6.09. The fourth-order valence-corrected chi connectivity index (χ4v) is 3.81. The van der Waals surface area contributed by atoms with Gasteiger partial charge in [-0.2, -0.15) is 5.10 Å². The molecule has 0 aliphatic rings. The van der Waals surface area contributed by atoms with Gasteiger partial charge in [-0.1, -0.05) is 60.7 Å². The summed E-state index contributed by atoms with van der Waals surface area (Å²) in [6, 6.07) is 23.5. The van der Waals surface area contributed by atoms with Gasteiger partial charge < -0.3 is 5.32 Å². The summed E-state index contributed by atoms with van der Waals surface area (Å²) in [6.07, 6.45) is 2.19. The Bertz CT molecular complexity index is 753. The van der Waals surface area contributed by atoms with Crippen molar-refractivity contribution < 1.29 is 0 Å². The zero-order chi connectivity index (χ0) is 17.3. The summed E-state index contributed by atoms with van der Waals surface area (Å²) in [5.41, 5.74) is 3.85. The first-order chi connectivity index (χ1) is 12.3. The van der Waals surface area contributed by atoms with Crippen LogP contribution in [0, 0.1) is 0 Å². The molecule has 4 heteroatoms. The Hall–Kier alpha value is -2.04. The lowest BCUT2D eigenvalue weighted by Crippen LogP contribution is -2.08. The Balaban J connectivity index is 1.62. The normalized spacial score (nSPS) is 10.9. The van der Waals surface area contributed by atoms with Gasteiger partial charge in [-0.25, -0.2) is 0 Å². The van der Waals surface area contributed by atoms with E-state index in [-0.39, 0.29) is 0 Å². The van der Waals surface area contributed by atoms with E-state index in [4.69, 9.17) is 5.10 Å². The molecule has 130 valence electrons. The predicted molar refractivity (Wildman–Crippen MR) is 106 cm³/mol. The first kappa shape index (κ1) is 17.8. The Kier molecular flexibility index (Phi) is 6.71. The summed E-state index contributed by atoms with van der Waals surface area (Å²) >= 11 is 1.87. The minimum Gasteiger partial charge on any atom is -0.314 e. The largest absolute Gasteiger partial charge is 0.314 e. The van der Waals surface area contributed by atoms with E-state index in [1.165, 1.54) is 16.2 Å². The molecule has 3 aromatic rings. The number of aryl methyl sites for hydroxylation is 2. The summed E-state index contributed by atoms with van der Waals surface area (Å²) in [5, 5.41) is 9.22. The van der Waals surface area contributed by atoms with Crippen LogP contribution in [0.5, 0.6) is 0 Å². The van der Waals surface area contributed by atoms with Gasteiger partial charge in [0, 0.05) is 18.8 Å². The van der Waals surface area contributed by atoms with Crippen LogP contribution in [-0.4, -0.2) is 16.8 Å². The zero-order valence-electron chi connectivity index (χ0n) is 14.7. The quantitative estimate of drug-likeness (QED) is 0.575. The molecule has 1 N–H and O–H groups in total. The highest BCUT2D eigenvalue weighted by atomic mass is 32.2. The molecular weight excluding hydrogens is 326 g/mol. The standard InChI is InChI=1S/C21H25N3S/c1-22-16-20-15-21(25-17-19-11-6-3-7-12-19)24(23-20)14-8-13-18-9-4-2-5-10-18/h2-7,9-12,15,22H,8,13-14,16-17H2,1H3. The van der Waals surface area contributed by atoms with Crippen molar-refractivity contribution in [1.29, 1.82) is 0 Å². The third kappa shape index (κ3) is 5.48. The monoisotopic (exact) mass is 351 g/mol. The van der Waals surface area contributed by atoms with Crippen molar-refractivity contribution >= 4 is 11.8 Å². The Morgan fingerprint density at radius 2 is 1.64 bits per heavy atom. The highest BCUT2D eigenvalue weighted by molar-refractivity contribution is 7.98. The third-order valence-electron chi connectivity index (χ3n) is 4.06. The van der Waals surface area contributed by atoms with Crippen molar-refractivity contribution in [1.82, 2.24) is 15.1 Å². The first-order valence-electron chi connectivity index (χ1n) is 8.77. The maximum atomic E-state index is 4.78. The Labute approximate surface area is 154 Å². The minimum absolute atomic E-state index is 0.810. The van der Waals surface area contributed by atoms with E-state index >= 15 is 0 Å². The summed E-state index contributed by atoms with van der Waals surface area (Å²) in [4.78, 5) is 0. The van der Waals surface area contributed by atoms with Crippen molar-refractivity contribution in [2.24, 2.45) is 0 Å². The van der Waals surface area contributed by atoms with Gasteiger partial charge in [-0.05, 0) is 37.1 Å². The third-order valence-corrected chi connectivity index (χ3v) is 5.16. The highest BCUT2D eigenvalue weighted by Gasteiger charge is 2.08. The topological polar surface area (TPSA) is 29.9 Å². The van der Waals surface area contributed by atoms with Crippen LogP contribution >= 0.6 is 11.8 Å². The number of nitrogens with one attached hydrogen (secondary N) is 1. The van der Waals surface area contributed by atoms with E-state index in [0.29, 0.717) is 0 Å². The maximum absolute atomic E-state index is 4.78. The van der Waals surface area contributed by atoms with Gasteiger partial charge in [0.2, 0.25) is 0 Å². The van der Waals surface area contributed by atoms with Crippen LogP contribution in [0.2, 0.25) is 0 Å². The summed E-state index contributed by atoms with van der Waals surface area (Å²) in [7, 11) is 1.96. The highest BCUT2D eigenvalue weighted by Crippen LogP contribution is 2.24. The second kappa shape index (κ2) is 9.44. The Morgan fingerprint density at radius 1 is 0.960 bits per heavy atom. The summed E-state index contributed by atoms with van der Waals surface area (Å²) < 4.78 is 2.17. The van der Waals surface area contributed by atoms with Gasteiger partial charge in [-0.3, -0.25) is 4.68 Å². The lowest BCUT2D eigenvalue weighted by molar-refractivity contribution is 0.532. The van der Waals surface area contributed by atoms with Crippen molar-refractivity contribution in [3.05, 3.63) is 83.6 Å². The predicted octanol–water partition coefficient (Wildman–Crippen LogP) is 4.53. The smallest absolute Gasteiger partial charge is 0.0946 e. The molecule has 0 aliphatic carbocycles. The second-order valence-corrected chi connectivity index (χ2v) is 7.09. The molecular formula is C21H25N3S. The van der Waals surface area contributed by atoms with E-state index < -0.39 is 0 Å². The molecule has 1 aromatic heterocycles. The van der Waals surface area contributed by atoms with Crippen LogP contribution in [0.3, 0.4) is 0 Å². The number of thioether (sulfide) groups is 1. The van der Waals surface area contributed by atoms with Gasteiger partial charge in [0.05, 0.1) is 10.7 Å². The fraction of sp³-hybridized carbons (Fsp3) is 0.286.